The van der Waals surface area contributed by atoms with Gasteiger partial charge >= 0.3 is 5.97 Å². The fraction of sp³-hybridized carbons (Fsp3) is 0.533. The Morgan fingerprint density at radius 1 is 1.20 bits per heavy atom. The number of carbonyl (C=O) groups excluding carboxylic acids is 1. The molecule has 0 aromatic carbocycles. The van der Waals surface area contributed by atoms with Gasteiger partial charge in [0.05, 0.1) is 12.0 Å². The first-order valence-electron chi connectivity index (χ1n) is 7.01. The van der Waals surface area contributed by atoms with E-state index < -0.39 is 5.97 Å². The zero-order valence-electron chi connectivity index (χ0n) is 11.6. The van der Waals surface area contributed by atoms with Crippen LogP contribution in [0.25, 0.3) is 0 Å². The van der Waals surface area contributed by atoms with Gasteiger partial charge in [-0.1, -0.05) is 0 Å². The minimum absolute atomic E-state index is 0.0261. The molecule has 1 aromatic heterocycles. The van der Waals surface area contributed by atoms with Crippen molar-refractivity contribution in [3.8, 4) is 0 Å². The Bertz CT molecular complexity index is 467. The first-order chi connectivity index (χ1) is 9.58. The molecule has 1 heterocycles. The van der Waals surface area contributed by atoms with Gasteiger partial charge in [0.15, 0.2) is 0 Å². The summed E-state index contributed by atoms with van der Waals surface area (Å²) in [6.45, 7) is 1.94. The Morgan fingerprint density at radius 3 is 2.30 bits per heavy atom. The van der Waals surface area contributed by atoms with E-state index in [9.17, 15) is 9.59 Å². The minimum Gasteiger partial charge on any atom is -0.481 e. The molecule has 5 heteroatoms. The van der Waals surface area contributed by atoms with E-state index in [4.69, 9.17) is 5.11 Å². The molecule has 20 heavy (non-hydrogen) atoms. The highest BCUT2D eigenvalue weighted by atomic mass is 16.4. The van der Waals surface area contributed by atoms with Crippen molar-refractivity contribution in [3.63, 3.8) is 0 Å². The van der Waals surface area contributed by atoms with Crippen LogP contribution < -0.4 is 5.32 Å². The van der Waals surface area contributed by atoms with E-state index in [0.29, 0.717) is 25.7 Å². The molecule has 2 N–H and O–H groups in total. The molecule has 1 unspecified atom stereocenters. The number of rotatable bonds is 4. The number of nitrogens with one attached hydrogen (secondary N) is 1. The number of aliphatic carboxylic acids is 1. The fourth-order valence-electron chi connectivity index (χ4n) is 2.67. The van der Waals surface area contributed by atoms with Gasteiger partial charge in [-0.2, -0.15) is 0 Å². The van der Waals surface area contributed by atoms with E-state index in [2.05, 4.69) is 10.3 Å². The van der Waals surface area contributed by atoms with Gasteiger partial charge in [-0.05, 0) is 50.3 Å². The predicted molar refractivity (Wildman–Crippen MR) is 73.9 cm³/mol. The van der Waals surface area contributed by atoms with Crippen LogP contribution in [-0.2, 0) is 9.59 Å². The molecule has 0 aliphatic heterocycles. The molecular formula is C15H20N2O3. The largest absolute Gasteiger partial charge is 0.481 e. The maximum Gasteiger partial charge on any atom is 0.306 e. The maximum absolute atomic E-state index is 12.2. The van der Waals surface area contributed by atoms with Gasteiger partial charge in [-0.15, -0.1) is 0 Å². The van der Waals surface area contributed by atoms with Crippen molar-refractivity contribution in [3.05, 3.63) is 30.1 Å². The number of pyridine rings is 1. The van der Waals surface area contributed by atoms with Crippen molar-refractivity contribution in [1.29, 1.82) is 0 Å². The van der Waals surface area contributed by atoms with Crippen LogP contribution in [-0.4, -0.2) is 22.0 Å². The second kappa shape index (κ2) is 6.50. The van der Waals surface area contributed by atoms with Crippen molar-refractivity contribution in [1.82, 2.24) is 10.3 Å². The molecule has 1 aliphatic rings. The van der Waals surface area contributed by atoms with Gasteiger partial charge in [-0.3, -0.25) is 14.6 Å². The second-order valence-electron chi connectivity index (χ2n) is 5.40. The molecule has 108 valence electrons. The summed E-state index contributed by atoms with van der Waals surface area (Å²) in [7, 11) is 0. The zero-order valence-corrected chi connectivity index (χ0v) is 11.6. The Kier molecular flexibility index (Phi) is 4.71. The van der Waals surface area contributed by atoms with Crippen molar-refractivity contribution in [2.24, 2.45) is 11.8 Å². The van der Waals surface area contributed by atoms with Crippen LogP contribution in [0.3, 0.4) is 0 Å². The van der Waals surface area contributed by atoms with Crippen LogP contribution in [0.15, 0.2) is 24.5 Å². The van der Waals surface area contributed by atoms with Gasteiger partial charge in [0, 0.05) is 18.3 Å². The second-order valence-corrected chi connectivity index (χ2v) is 5.40. The number of carbonyl (C=O) groups is 2. The van der Waals surface area contributed by atoms with Gasteiger partial charge in [0.2, 0.25) is 5.91 Å². The van der Waals surface area contributed by atoms with E-state index in [1.807, 2.05) is 19.1 Å². The molecule has 2 rings (SSSR count). The Labute approximate surface area is 118 Å². The van der Waals surface area contributed by atoms with E-state index in [1.54, 1.807) is 12.4 Å². The molecule has 0 saturated heterocycles. The van der Waals surface area contributed by atoms with E-state index >= 15 is 0 Å². The monoisotopic (exact) mass is 276 g/mol. The first kappa shape index (κ1) is 14.5. The molecule has 1 atom stereocenters. The third kappa shape index (κ3) is 3.56. The lowest BCUT2D eigenvalue weighted by molar-refractivity contribution is -0.144. The predicted octanol–water partition coefficient (Wildman–Crippen LogP) is 2.15. The average Bonchev–Trinajstić information content (AvgIpc) is 2.48. The summed E-state index contributed by atoms with van der Waals surface area (Å²) in [5.41, 5.74) is 1.02. The smallest absolute Gasteiger partial charge is 0.306 e. The Hall–Kier alpha value is -1.91. The standard InChI is InChI=1S/C15H20N2O3/c1-10(11-6-8-16-9-7-11)17-14(18)12-2-4-13(5-3-12)15(19)20/h6-10,12-13H,2-5H2,1H3,(H,17,18)(H,19,20). The van der Waals surface area contributed by atoms with Crippen LogP contribution in [0, 0.1) is 11.8 Å². The molecular weight excluding hydrogens is 256 g/mol. The maximum atomic E-state index is 12.2. The number of nitrogens with zero attached hydrogens (tertiary/aromatic N) is 1. The van der Waals surface area contributed by atoms with Gasteiger partial charge < -0.3 is 10.4 Å². The van der Waals surface area contributed by atoms with Crippen LogP contribution >= 0.6 is 0 Å². The minimum atomic E-state index is -0.742. The first-order valence-corrected chi connectivity index (χ1v) is 7.01. The molecule has 1 fully saturated rings. The van der Waals surface area contributed by atoms with Crippen LogP contribution in [0.4, 0.5) is 0 Å². The molecule has 0 bridgehead atoms. The summed E-state index contributed by atoms with van der Waals surface area (Å²) < 4.78 is 0. The van der Waals surface area contributed by atoms with Crippen LogP contribution in [0.2, 0.25) is 0 Å². The Morgan fingerprint density at radius 2 is 1.75 bits per heavy atom. The van der Waals surface area contributed by atoms with Crippen molar-refractivity contribution >= 4 is 11.9 Å². The molecule has 1 aromatic rings. The zero-order chi connectivity index (χ0) is 14.5. The fourth-order valence-corrected chi connectivity index (χ4v) is 2.67. The SMILES string of the molecule is CC(NC(=O)C1CCC(C(=O)O)CC1)c1ccncc1. The quantitative estimate of drug-likeness (QED) is 0.883. The number of carboxylic acids is 1. The summed E-state index contributed by atoms with van der Waals surface area (Å²) >= 11 is 0. The summed E-state index contributed by atoms with van der Waals surface area (Å²) in [6.07, 6.45) is 5.91. The van der Waals surface area contributed by atoms with E-state index in [1.165, 1.54) is 0 Å². The Balaban J connectivity index is 1.85. The van der Waals surface area contributed by atoms with Crippen molar-refractivity contribution in [2.45, 2.75) is 38.6 Å². The molecule has 1 amide bonds. The number of amides is 1. The van der Waals surface area contributed by atoms with Gasteiger partial charge in [0.1, 0.15) is 0 Å². The molecule has 1 aliphatic carbocycles. The molecule has 0 radical (unpaired) electrons. The van der Waals surface area contributed by atoms with E-state index in [0.717, 1.165) is 5.56 Å². The molecule has 5 nitrogen and oxygen atoms in total. The summed E-state index contributed by atoms with van der Waals surface area (Å²) in [4.78, 5) is 27.0. The average molecular weight is 276 g/mol. The summed E-state index contributed by atoms with van der Waals surface area (Å²) in [6, 6.07) is 3.71. The van der Waals surface area contributed by atoms with Crippen LogP contribution in [0.5, 0.6) is 0 Å². The van der Waals surface area contributed by atoms with Crippen molar-refractivity contribution in [2.75, 3.05) is 0 Å². The van der Waals surface area contributed by atoms with Crippen LogP contribution in [0.1, 0.15) is 44.2 Å². The summed E-state index contributed by atoms with van der Waals surface area (Å²) in [5, 5.41) is 11.9. The lowest BCUT2D eigenvalue weighted by atomic mass is 9.81. The summed E-state index contributed by atoms with van der Waals surface area (Å²) in [5.74, 6) is -1.06. The lowest BCUT2D eigenvalue weighted by Gasteiger charge is -2.26. The number of hydrogen-bond acceptors (Lipinski definition) is 3. The number of hydrogen-bond donors (Lipinski definition) is 2. The topological polar surface area (TPSA) is 79.3 Å². The molecule has 1 saturated carbocycles. The highest BCUT2D eigenvalue weighted by molar-refractivity contribution is 5.79. The van der Waals surface area contributed by atoms with Gasteiger partial charge in [0.25, 0.3) is 0 Å². The normalized spacial score (nSPS) is 23.9. The van der Waals surface area contributed by atoms with Gasteiger partial charge in [-0.25, -0.2) is 0 Å². The third-order valence-electron chi connectivity index (χ3n) is 4.01. The highest BCUT2D eigenvalue weighted by Gasteiger charge is 2.30. The lowest BCUT2D eigenvalue weighted by Crippen LogP contribution is -2.35. The third-order valence-corrected chi connectivity index (χ3v) is 4.01. The van der Waals surface area contributed by atoms with Crippen molar-refractivity contribution < 1.29 is 14.7 Å². The molecule has 0 spiro atoms. The van der Waals surface area contributed by atoms with E-state index in [-0.39, 0.29) is 23.8 Å². The highest BCUT2D eigenvalue weighted by Crippen LogP contribution is 2.29. The number of carboxylic acid groups (broad SMARTS) is 1. The number of aromatic nitrogens is 1.